The number of fused-ring (bicyclic) bond motifs is 1. The standard InChI is InChI=1S/C18H25N3O3S2/c1-6-21-17(23)15-12(4)13(5)26-16(15)19-18(21)25-9-14(22)20-7-10(2)24-11(3)8-20/h10-11H,6-9H2,1-5H3/t10-,11+. The van der Waals surface area contributed by atoms with E-state index in [9.17, 15) is 9.59 Å². The largest absolute Gasteiger partial charge is 0.372 e. The minimum absolute atomic E-state index is 0.0112. The fourth-order valence-corrected chi connectivity index (χ4v) is 5.33. The number of thiophene rings is 1. The number of carbonyl (C=O) groups excluding carboxylic acids is 1. The zero-order chi connectivity index (χ0) is 19.0. The molecule has 0 aliphatic carbocycles. The summed E-state index contributed by atoms with van der Waals surface area (Å²) in [5.41, 5.74) is 0.997. The summed E-state index contributed by atoms with van der Waals surface area (Å²) in [6.45, 7) is 11.6. The molecule has 3 heterocycles. The number of rotatable bonds is 4. The van der Waals surface area contributed by atoms with Gasteiger partial charge in [0.15, 0.2) is 5.16 Å². The maximum Gasteiger partial charge on any atom is 0.263 e. The van der Waals surface area contributed by atoms with E-state index in [0.717, 1.165) is 15.3 Å². The molecule has 142 valence electrons. The Kier molecular flexibility index (Phi) is 5.74. The van der Waals surface area contributed by atoms with Crippen LogP contribution in [0.4, 0.5) is 0 Å². The number of hydrogen-bond acceptors (Lipinski definition) is 6. The average molecular weight is 396 g/mol. The van der Waals surface area contributed by atoms with Crippen LogP contribution in [0.1, 0.15) is 31.2 Å². The van der Waals surface area contributed by atoms with Gasteiger partial charge in [-0.15, -0.1) is 11.3 Å². The SMILES string of the molecule is CCn1c(SCC(=O)N2C[C@@H](C)O[C@@H](C)C2)nc2sc(C)c(C)c2c1=O. The van der Waals surface area contributed by atoms with Crippen molar-refractivity contribution in [2.45, 2.75) is 58.5 Å². The van der Waals surface area contributed by atoms with E-state index >= 15 is 0 Å². The average Bonchev–Trinajstić information content (AvgIpc) is 2.86. The molecule has 0 N–H and O–H groups in total. The summed E-state index contributed by atoms with van der Waals surface area (Å²) in [5.74, 6) is 0.341. The minimum atomic E-state index is -0.0112. The van der Waals surface area contributed by atoms with Gasteiger partial charge in [-0.25, -0.2) is 4.98 Å². The van der Waals surface area contributed by atoms with Crippen molar-refractivity contribution in [3.05, 3.63) is 20.8 Å². The van der Waals surface area contributed by atoms with Crippen molar-refractivity contribution in [2.75, 3.05) is 18.8 Å². The molecular weight excluding hydrogens is 370 g/mol. The summed E-state index contributed by atoms with van der Waals surface area (Å²) >= 11 is 2.89. The lowest BCUT2D eigenvalue weighted by atomic mass is 10.2. The fourth-order valence-electron chi connectivity index (χ4n) is 3.30. The second-order valence-electron chi connectivity index (χ2n) is 6.75. The molecule has 2 aromatic heterocycles. The number of hydrogen-bond donors (Lipinski definition) is 0. The molecule has 3 rings (SSSR count). The number of amides is 1. The van der Waals surface area contributed by atoms with Crippen molar-refractivity contribution >= 4 is 39.2 Å². The number of thioether (sulfide) groups is 1. The first-order valence-corrected chi connectivity index (χ1v) is 10.7. The van der Waals surface area contributed by atoms with Gasteiger partial charge in [-0.2, -0.15) is 0 Å². The molecule has 1 amide bonds. The summed E-state index contributed by atoms with van der Waals surface area (Å²) in [5, 5.41) is 1.33. The Labute approximate surface area is 161 Å². The van der Waals surface area contributed by atoms with Crippen LogP contribution in [-0.2, 0) is 16.1 Å². The summed E-state index contributed by atoms with van der Waals surface area (Å²) < 4.78 is 7.36. The van der Waals surface area contributed by atoms with E-state index in [1.165, 1.54) is 23.1 Å². The first-order valence-electron chi connectivity index (χ1n) is 8.88. The Morgan fingerprint density at radius 2 is 1.96 bits per heavy atom. The molecule has 2 atom stereocenters. The van der Waals surface area contributed by atoms with Gasteiger partial charge < -0.3 is 9.64 Å². The van der Waals surface area contributed by atoms with Crippen LogP contribution < -0.4 is 5.56 Å². The third-order valence-electron chi connectivity index (χ3n) is 4.67. The Morgan fingerprint density at radius 1 is 1.31 bits per heavy atom. The van der Waals surface area contributed by atoms with Crippen LogP contribution in [0.5, 0.6) is 0 Å². The van der Waals surface area contributed by atoms with Crippen LogP contribution in [0.3, 0.4) is 0 Å². The molecule has 0 spiro atoms. The second kappa shape index (κ2) is 7.70. The van der Waals surface area contributed by atoms with Crippen molar-refractivity contribution in [1.29, 1.82) is 0 Å². The molecule has 1 fully saturated rings. The van der Waals surface area contributed by atoms with E-state index < -0.39 is 0 Å². The molecular formula is C18H25N3O3S2. The monoisotopic (exact) mass is 395 g/mol. The molecule has 0 aromatic carbocycles. The van der Waals surface area contributed by atoms with Gasteiger partial charge in [-0.3, -0.25) is 14.2 Å². The Bertz CT molecular complexity index is 880. The number of carbonyl (C=O) groups is 1. The predicted molar refractivity (Wildman–Crippen MR) is 106 cm³/mol. The van der Waals surface area contributed by atoms with Gasteiger partial charge in [-0.1, -0.05) is 11.8 Å². The van der Waals surface area contributed by atoms with E-state index in [-0.39, 0.29) is 29.4 Å². The summed E-state index contributed by atoms with van der Waals surface area (Å²) in [6.07, 6.45) is 0.0983. The van der Waals surface area contributed by atoms with Crippen molar-refractivity contribution in [3.8, 4) is 0 Å². The van der Waals surface area contributed by atoms with Gasteiger partial charge in [0, 0.05) is 24.5 Å². The molecule has 0 unspecified atom stereocenters. The Hall–Kier alpha value is -1.38. The normalized spacial score (nSPS) is 20.7. The van der Waals surface area contributed by atoms with Crippen LogP contribution in [0.15, 0.2) is 9.95 Å². The molecule has 6 nitrogen and oxygen atoms in total. The van der Waals surface area contributed by atoms with Gasteiger partial charge in [-0.05, 0) is 40.2 Å². The zero-order valence-corrected chi connectivity index (χ0v) is 17.5. The lowest BCUT2D eigenvalue weighted by Gasteiger charge is -2.35. The molecule has 8 heteroatoms. The van der Waals surface area contributed by atoms with Gasteiger partial charge in [0.1, 0.15) is 4.83 Å². The number of nitrogens with zero attached hydrogens (tertiary/aromatic N) is 3. The molecule has 0 bridgehead atoms. The van der Waals surface area contributed by atoms with Gasteiger partial charge in [0.25, 0.3) is 5.56 Å². The van der Waals surface area contributed by atoms with Crippen molar-refractivity contribution < 1.29 is 9.53 Å². The van der Waals surface area contributed by atoms with Crippen molar-refractivity contribution in [1.82, 2.24) is 14.5 Å². The lowest BCUT2D eigenvalue weighted by molar-refractivity contribution is -0.140. The van der Waals surface area contributed by atoms with Gasteiger partial charge in [0.05, 0.1) is 23.3 Å². The third kappa shape index (κ3) is 3.68. The van der Waals surface area contributed by atoms with Gasteiger partial charge >= 0.3 is 0 Å². The Morgan fingerprint density at radius 3 is 2.58 bits per heavy atom. The molecule has 1 aliphatic heterocycles. The molecule has 1 saturated heterocycles. The minimum Gasteiger partial charge on any atom is -0.372 e. The predicted octanol–water partition coefficient (Wildman–Crippen LogP) is 2.82. The van der Waals surface area contributed by atoms with Gasteiger partial charge in [0.2, 0.25) is 5.91 Å². The molecule has 0 saturated carbocycles. The van der Waals surface area contributed by atoms with Crippen LogP contribution in [0.25, 0.3) is 10.2 Å². The highest BCUT2D eigenvalue weighted by molar-refractivity contribution is 7.99. The maximum absolute atomic E-state index is 12.9. The van der Waals surface area contributed by atoms with Crippen LogP contribution >= 0.6 is 23.1 Å². The molecule has 0 radical (unpaired) electrons. The van der Waals surface area contributed by atoms with E-state index in [2.05, 4.69) is 4.98 Å². The quantitative estimate of drug-likeness (QED) is 0.588. The van der Waals surface area contributed by atoms with E-state index in [4.69, 9.17) is 4.74 Å². The number of aryl methyl sites for hydroxylation is 2. The smallest absolute Gasteiger partial charge is 0.263 e. The highest BCUT2D eigenvalue weighted by atomic mass is 32.2. The number of ether oxygens (including phenoxy) is 1. The summed E-state index contributed by atoms with van der Waals surface area (Å²) in [4.78, 5) is 33.9. The van der Waals surface area contributed by atoms with Crippen LogP contribution in [0, 0.1) is 13.8 Å². The van der Waals surface area contributed by atoms with Crippen LogP contribution in [0.2, 0.25) is 0 Å². The van der Waals surface area contributed by atoms with E-state index in [1.807, 2.05) is 39.5 Å². The summed E-state index contributed by atoms with van der Waals surface area (Å²) in [7, 11) is 0. The third-order valence-corrected chi connectivity index (χ3v) is 6.73. The molecule has 26 heavy (non-hydrogen) atoms. The first kappa shape index (κ1) is 19.4. The maximum atomic E-state index is 12.9. The highest BCUT2D eigenvalue weighted by Crippen LogP contribution is 2.28. The van der Waals surface area contributed by atoms with Crippen LogP contribution in [-0.4, -0.2) is 51.4 Å². The topological polar surface area (TPSA) is 64.4 Å². The van der Waals surface area contributed by atoms with E-state index in [0.29, 0.717) is 30.2 Å². The first-order chi connectivity index (χ1) is 12.3. The number of aromatic nitrogens is 2. The fraction of sp³-hybridized carbons (Fsp3) is 0.611. The van der Waals surface area contributed by atoms with Crippen molar-refractivity contribution in [3.63, 3.8) is 0 Å². The lowest BCUT2D eigenvalue weighted by Crippen LogP contribution is -2.48. The zero-order valence-electron chi connectivity index (χ0n) is 15.9. The van der Waals surface area contributed by atoms with E-state index in [1.54, 1.807) is 4.57 Å². The number of morpholine rings is 1. The Balaban J connectivity index is 1.82. The summed E-state index contributed by atoms with van der Waals surface area (Å²) in [6, 6.07) is 0. The molecule has 1 aliphatic rings. The second-order valence-corrected chi connectivity index (χ2v) is 8.90. The van der Waals surface area contributed by atoms with Crippen molar-refractivity contribution in [2.24, 2.45) is 0 Å². The molecule has 2 aromatic rings. The highest BCUT2D eigenvalue weighted by Gasteiger charge is 2.26.